The van der Waals surface area contributed by atoms with E-state index in [1.54, 1.807) is 0 Å². The number of rotatable bonds is 6. The van der Waals surface area contributed by atoms with Crippen molar-refractivity contribution in [2.24, 2.45) is 0 Å². The topological polar surface area (TPSA) is 21.1 Å². The summed E-state index contributed by atoms with van der Waals surface area (Å²) in [4.78, 5) is 6.89. The molecule has 0 aliphatic rings. The minimum absolute atomic E-state index is 1.01. The Hall–Kier alpha value is -1.03. The Labute approximate surface area is 117 Å². The fraction of sp³-hybridized carbons (Fsp3) is 0.500. The van der Waals surface area contributed by atoms with Crippen molar-refractivity contribution in [3.63, 3.8) is 0 Å². The molecule has 2 rings (SSSR count). The lowest BCUT2D eigenvalue weighted by Gasteiger charge is -2.22. The van der Waals surface area contributed by atoms with Gasteiger partial charge < -0.3 is 9.47 Å². The number of fused-ring (bicyclic) bond motifs is 1. The maximum Gasteiger partial charge on any atom is 0.0958 e. The highest BCUT2D eigenvalue weighted by atomic mass is 79.9. The number of para-hydroxylation sites is 1. The molecule has 0 unspecified atom stereocenters. The SMILES string of the molecule is CCN(CC)c1cccc2ncn(CCCBr)c12. The van der Waals surface area contributed by atoms with Crippen LogP contribution in [-0.4, -0.2) is 28.0 Å². The minimum Gasteiger partial charge on any atom is -0.370 e. The molecule has 0 N–H and O–H groups in total. The van der Waals surface area contributed by atoms with Crippen LogP contribution in [0.5, 0.6) is 0 Å². The molecule has 2 aromatic rings. The van der Waals surface area contributed by atoms with E-state index in [0.29, 0.717) is 0 Å². The molecular weight excluding hydrogens is 290 g/mol. The smallest absolute Gasteiger partial charge is 0.0958 e. The minimum atomic E-state index is 1.01. The lowest BCUT2D eigenvalue weighted by Crippen LogP contribution is -2.22. The third-order valence-corrected chi connectivity index (χ3v) is 3.81. The first-order valence-corrected chi connectivity index (χ1v) is 7.68. The van der Waals surface area contributed by atoms with Crippen molar-refractivity contribution in [2.75, 3.05) is 23.3 Å². The van der Waals surface area contributed by atoms with Gasteiger partial charge in [-0.15, -0.1) is 0 Å². The van der Waals surface area contributed by atoms with E-state index in [2.05, 4.69) is 62.4 Å². The van der Waals surface area contributed by atoms with Gasteiger partial charge in [0.25, 0.3) is 0 Å². The van der Waals surface area contributed by atoms with Crippen LogP contribution in [0, 0.1) is 0 Å². The Bertz CT molecular complexity index is 503. The highest BCUT2D eigenvalue weighted by molar-refractivity contribution is 9.09. The molecule has 0 fully saturated rings. The van der Waals surface area contributed by atoms with Crippen molar-refractivity contribution in [1.82, 2.24) is 9.55 Å². The van der Waals surface area contributed by atoms with Gasteiger partial charge in [-0.1, -0.05) is 22.0 Å². The van der Waals surface area contributed by atoms with Crippen LogP contribution in [0.15, 0.2) is 24.5 Å². The zero-order valence-electron chi connectivity index (χ0n) is 11.1. The molecule has 1 heterocycles. The van der Waals surface area contributed by atoms with Crippen molar-refractivity contribution in [3.05, 3.63) is 24.5 Å². The lowest BCUT2D eigenvalue weighted by molar-refractivity contribution is 0.703. The number of aryl methyl sites for hydroxylation is 1. The normalized spacial score (nSPS) is 11.1. The van der Waals surface area contributed by atoms with Gasteiger partial charge in [-0.2, -0.15) is 0 Å². The van der Waals surface area contributed by atoms with Crippen molar-refractivity contribution in [2.45, 2.75) is 26.8 Å². The number of anilines is 1. The van der Waals surface area contributed by atoms with E-state index >= 15 is 0 Å². The molecule has 98 valence electrons. The van der Waals surface area contributed by atoms with Crippen LogP contribution in [0.2, 0.25) is 0 Å². The van der Waals surface area contributed by atoms with Gasteiger partial charge in [0.2, 0.25) is 0 Å². The summed E-state index contributed by atoms with van der Waals surface area (Å²) in [5, 5.41) is 1.03. The Morgan fingerprint density at radius 3 is 2.72 bits per heavy atom. The van der Waals surface area contributed by atoms with Crippen LogP contribution in [0.1, 0.15) is 20.3 Å². The molecule has 0 radical (unpaired) electrons. The fourth-order valence-corrected chi connectivity index (χ4v) is 2.58. The second-order valence-corrected chi connectivity index (χ2v) is 5.09. The molecule has 0 amide bonds. The third-order valence-electron chi connectivity index (χ3n) is 3.25. The van der Waals surface area contributed by atoms with Crippen molar-refractivity contribution < 1.29 is 0 Å². The van der Waals surface area contributed by atoms with E-state index in [9.17, 15) is 0 Å². The van der Waals surface area contributed by atoms with Crippen LogP contribution >= 0.6 is 15.9 Å². The number of alkyl halides is 1. The molecule has 0 spiro atoms. The Kier molecular flexibility index (Phi) is 4.64. The van der Waals surface area contributed by atoms with E-state index in [0.717, 1.165) is 36.9 Å². The zero-order chi connectivity index (χ0) is 13.0. The maximum absolute atomic E-state index is 4.50. The van der Waals surface area contributed by atoms with E-state index in [-0.39, 0.29) is 0 Å². The van der Waals surface area contributed by atoms with Gasteiger partial charge in [0.05, 0.1) is 23.0 Å². The summed E-state index contributed by atoms with van der Waals surface area (Å²) in [6, 6.07) is 6.38. The van der Waals surface area contributed by atoms with Crippen LogP contribution in [-0.2, 0) is 6.54 Å². The van der Waals surface area contributed by atoms with Gasteiger partial charge in [0, 0.05) is 25.0 Å². The summed E-state index contributed by atoms with van der Waals surface area (Å²) in [6.07, 6.45) is 3.08. The highest BCUT2D eigenvalue weighted by Crippen LogP contribution is 2.26. The first-order valence-electron chi connectivity index (χ1n) is 6.56. The quantitative estimate of drug-likeness (QED) is 0.759. The number of hydrogen-bond acceptors (Lipinski definition) is 2. The van der Waals surface area contributed by atoms with Gasteiger partial charge >= 0.3 is 0 Å². The number of benzene rings is 1. The van der Waals surface area contributed by atoms with Gasteiger partial charge in [-0.25, -0.2) is 4.98 Å². The molecule has 4 heteroatoms. The second-order valence-electron chi connectivity index (χ2n) is 4.30. The molecule has 0 atom stereocenters. The van der Waals surface area contributed by atoms with Crippen molar-refractivity contribution in [3.8, 4) is 0 Å². The van der Waals surface area contributed by atoms with Crippen LogP contribution in [0.4, 0.5) is 5.69 Å². The maximum atomic E-state index is 4.50. The zero-order valence-corrected chi connectivity index (χ0v) is 12.7. The Balaban J connectivity index is 2.47. The summed E-state index contributed by atoms with van der Waals surface area (Å²) in [5.74, 6) is 0. The predicted octanol–water partition coefficient (Wildman–Crippen LogP) is 3.67. The molecule has 0 aliphatic heterocycles. The molecule has 18 heavy (non-hydrogen) atoms. The molecule has 0 saturated heterocycles. The Morgan fingerprint density at radius 2 is 2.06 bits per heavy atom. The average molecular weight is 310 g/mol. The number of nitrogens with zero attached hydrogens (tertiary/aromatic N) is 3. The van der Waals surface area contributed by atoms with Gasteiger partial charge in [0.15, 0.2) is 0 Å². The van der Waals surface area contributed by atoms with E-state index < -0.39 is 0 Å². The monoisotopic (exact) mass is 309 g/mol. The Morgan fingerprint density at radius 1 is 1.28 bits per heavy atom. The van der Waals surface area contributed by atoms with E-state index in [1.165, 1.54) is 11.2 Å². The van der Waals surface area contributed by atoms with Crippen molar-refractivity contribution in [1.29, 1.82) is 0 Å². The largest absolute Gasteiger partial charge is 0.370 e. The number of halogens is 1. The number of imidazole rings is 1. The summed E-state index contributed by atoms with van der Waals surface area (Å²) >= 11 is 3.49. The van der Waals surface area contributed by atoms with Gasteiger partial charge in [-0.3, -0.25) is 0 Å². The summed E-state index contributed by atoms with van der Waals surface area (Å²) in [6.45, 7) is 7.46. The number of hydrogen-bond donors (Lipinski definition) is 0. The number of aromatic nitrogens is 2. The van der Waals surface area contributed by atoms with E-state index in [1.807, 2.05) is 6.33 Å². The molecule has 3 nitrogen and oxygen atoms in total. The standard InChI is InChI=1S/C14H20BrN3/c1-3-17(4-2)13-8-5-7-12-14(13)18(11-16-12)10-6-9-15/h5,7-8,11H,3-4,6,9-10H2,1-2H3. The summed E-state index contributed by atoms with van der Waals surface area (Å²) in [5.41, 5.74) is 3.65. The fourth-order valence-electron chi connectivity index (χ4n) is 2.33. The van der Waals surface area contributed by atoms with Gasteiger partial charge in [0.1, 0.15) is 0 Å². The molecule has 1 aromatic carbocycles. The van der Waals surface area contributed by atoms with Crippen LogP contribution in [0.25, 0.3) is 11.0 Å². The summed E-state index contributed by atoms with van der Waals surface area (Å²) in [7, 11) is 0. The molecule has 1 aromatic heterocycles. The average Bonchev–Trinajstić information content (AvgIpc) is 2.82. The van der Waals surface area contributed by atoms with E-state index in [4.69, 9.17) is 0 Å². The van der Waals surface area contributed by atoms with Crippen molar-refractivity contribution >= 4 is 32.7 Å². The summed E-state index contributed by atoms with van der Waals surface area (Å²) < 4.78 is 2.27. The molecule has 0 aliphatic carbocycles. The molecule has 0 saturated carbocycles. The predicted molar refractivity (Wildman–Crippen MR) is 81.7 cm³/mol. The first-order chi connectivity index (χ1) is 8.81. The second kappa shape index (κ2) is 6.23. The van der Waals surface area contributed by atoms with Crippen LogP contribution in [0.3, 0.4) is 0 Å². The molecular formula is C14H20BrN3. The van der Waals surface area contributed by atoms with Gasteiger partial charge in [-0.05, 0) is 32.4 Å². The highest BCUT2D eigenvalue weighted by Gasteiger charge is 2.11. The lowest BCUT2D eigenvalue weighted by atomic mass is 10.2. The van der Waals surface area contributed by atoms with Crippen LogP contribution < -0.4 is 4.90 Å². The molecule has 0 bridgehead atoms. The first kappa shape index (κ1) is 13.4. The third kappa shape index (κ3) is 2.53.